The van der Waals surface area contributed by atoms with Gasteiger partial charge >= 0.3 is 7.75 Å². The van der Waals surface area contributed by atoms with Gasteiger partial charge in [-0.2, -0.15) is 0 Å². The van der Waals surface area contributed by atoms with Crippen molar-refractivity contribution >= 4 is 29.4 Å². The average Bonchev–Trinajstić information content (AvgIpc) is 3.15. The van der Waals surface area contributed by atoms with Crippen molar-refractivity contribution in [2.75, 3.05) is 20.3 Å². The quantitative estimate of drug-likeness (QED) is 0.385. The van der Waals surface area contributed by atoms with Crippen LogP contribution in [0, 0.1) is 5.82 Å². The summed E-state index contributed by atoms with van der Waals surface area (Å²) in [6, 6.07) is 9.98. The molecule has 178 valence electrons. The van der Waals surface area contributed by atoms with Crippen molar-refractivity contribution in [3.63, 3.8) is 0 Å². The molecule has 0 aliphatic carbocycles. The third-order valence-electron chi connectivity index (χ3n) is 4.34. The summed E-state index contributed by atoms with van der Waals surface area (Å²) in [5, 5.41) is 0.161. The highest BCUT2D eigenvalue weighted by molar-refractivity contribution is 7.94. The van der Waals surface area contributed by atoms with Crippen LogP contribution in [-0.2, 0) is 23.6 Å². The molecule has 9 nitrogen and oxygen atoms in total. The minimum Gasteiger partial charge on any atom is -0.494 e. The summed E-state index contributed by atoms with van der Waals surface area (Å²) in [4.78, 5) is 4.08. The molecule has 1 N–H and O–H groups in total. The summed E-state index contributed by atoms with van der Waals surface area (Å²) >= 11 is 6.08. The lowest BCUT2D eigenvalue weighted by Gasteiger charge is -2.18. The number of hydrogen-bond acceptors (Lipinski definition) is 7. The highest BCUT2D eigenvalue weighted by Gasteiger charge is 2.31. The van der Waals surface area contributed by atoms with E-state index in [4.69, 9.17) is 25.4 Å². The standard InChI is InChI=1S/C20H22ClFN3O6PS/c1-4-30-32(26,31-5-2)24-33(27,28)16-9-7-15(8-10-16)25-13-19(21)23-20(25)14-6-11-18(29-3)17(22)12-14/h6-13H,4-5H2,1-3H3,(H,24,26). The molecule has 0 unspecified atom stereocenters. The van der Waals surface area contributed by atoms with Crippen molar-refractivity contribution in [3.05, 3.63) is 59.6 Å². The van der Waals surface area contributed by atoms with Crippen molar-refractivity contribution in [1.29, 1.82) is 0 Å². The van der Waals surface area contributed by atoms with Gasteiger partial charge in [0.05, 0.1) is 25.2 Å². The molecule has 0 aliphatic rings. The van der Waals surface area contributed by atoms with Gasteiger partial charge in [-0.3, -0.25) is 13.6 Å². The molecule has 0 saturated carbocycles. The molecule has 0 aliphatic heterocycles. The van der Waals surface area contributed by atoms with E-state index < -0.39 is 23.6 Å². The lowest BCUT2D eigenvalue weighted by molar-refractivity contribution is 0.217. The Morgan fingerprint density at radius 3 is 2.30 bits per heavy atom. The first-order chi connectivity index (χ1) is 15.6. The van der Waals surface area contributed by atoms with Gasteiger partial charge in [0, 0.05) is 17.4 Å². The summed E-state index contributed by atoms with van der Waals surface area (Å²) < 4.78 is 70.7. The topological polar surface area (TPSA) is 109 Å². The van der Waals surface area contributed by atoms with Crippen LogP contribution in [0.3, 0.4) is 0 Å². The second-order valence-electron chi connectivity index (χ2n) is 6.53. The fraction of sp³-hybridized carbons (Fsp3) is 0.250. The second-order valence-corrected chi connectivity index (χ2v) is 10.6. The molecule has 1 aromatic heterocycles. The minimum atomic E-state index is -4.21. The predicted molar refractivity (Wildman–Crippen MR) is 122 cm³/mol. The summed E-state index contributed by atoms with van der Waals surface area (Å²) in [5.74, 6) is -0.143. The Hall–Kier alpha value is -2.27. The molecule has 0 bridgehead atoms. The monoisotopic (exact) mass is 517 g/mol. The fourth-order valence-corrected chi connectivity index (χ4v) is 6.42. The third-order valence-corrected chi connectivity index (χ3v) is 8.47. The van der Waals surface area contributed by atoms with Crippen LogP contribution in [0.2, 0.25) is 5.15 Å². The van der Waals surface area contributed by atoms with E-state index in [9.17, 15) is 17.4 Å². The maximum absolute atomic E-state index is 14.2. The van der Waals surface area contributed by atoms with Crippen molar-refractivity contribution in [1.82, 2.24) is 14.0 Å². The summed E-state index contributed by atoms with van der Waals surface area (Å²) in [7, 11) is -6.89. The Labute approximate surface area is 196 Å². The molecule has 3 rings (SSSR count). The SMILES string of the molecule is CCOP(=O)(NS(=O)(=O)c1ccc(-n2cc(Cl)nc2-c2ccc(OC)c(F)c2)cc1)OCC. The Balaban J connectivity index is 1.94. The van der Waals surface area contributed by atoms with E-state index in [-0.39, 0.29) is 29.0 Å². The highest BCUT2D eigenvalue weighted by Crippen LogP contribution is 2.45. The molecule has 0 fully saturated rings. The Morgan fingerprint density at radius 2 is 1.76 bits per heavy atom. The zero-order valence-corrected chi connectivity index (χ0v) is 20.5. The minimum absolute atomic E-state index is 0.00510. The molecule has 0 spiro atoms. The van der Waals surface area contributed by atoms with E-state index in [1.54, 1.807) is 24.5 Å². The van der Waals surface area contributed by atoms with E-state index >= 15 is 0 Å². The van der Waals surface area contributed by atoms with E-state index in [0.29, 0.717) is 17.1 Å². The number of nitrogens with one attached hydrogen (secondary N) is 1. The molecule has 0 saturated heterocycles. The molecular formula is C20H22ClFN3O6PS. The lowest BCUT2D eigenvalue weighted by Crippen LogP contribution is -2.23. The highest BCUT2D eigenvalue weighted by atomic mass is 35.5. The van der Waals surface area contributed by atoms with E-state index in [2.05, 4.69) is 4.98 Å². The van der Waals surface area contributed by atoms with Crippen LogP contribution < -0.4 is 9.23 Å². The number of halogens is 2. The number of ether oxygens (including phenoxy) is 1. The molecule has 3 aromatic rings. The van der Waals surface area contributed by atoms with Crippen LogP contribution in [-0.4, -0.2) is 38.3 Å². The van der Waals surface area contributed by atoms with Gasteiger partial charge in [-0.05, 0) is 56.3 Å². The number of hydrogen-bond donors (Lipinski definition) is 1. The maximum atomic E-state index is 14.2. The van der Waals surface area contributed by atoms with Crippen LogP contribution in [0.5, 0.6) is 5.75 Å². The van der Waals surface area contributed by atoms with Gasteiger partial charge < -0.3 is 4.74 Å². The van der Waals surface area contributed by atoms with E-state index in [1.165, 1.54) is 49.7 Å². The van der Waals surface area contributed by atoms with Crippen LogP contribution in [0.4, 0.5) is 4.39 Å². The van der Waals surface area contributed by atoms with Gasteiger partial charge in [-0.1, -0.05) is 11.6 Å². The Morgan fingerprint density at radius 1 is 1.12 bits per heavy atom. The van der Waals surface area contributed by atoms with Crippen LogP contribution in [0.15, 0.2) is 53.6 Å². The smallest absolute Gasteiger partial charge is 0.419 e. The number of nitrogens with zero attached hydrogens (tertiary/aromatic N) is 2. The second kappa shape index (κ2) is 10.3. The largest absolute Gasteiger partial charge is 0.494 e. The Bertz CT molecular complexity index is 1270. The first-order valence-corrected chi connectivity index (χ1v) is 13.1. The first kappa shape index (κ1) is 25.4. The zero-order valence-electron chi connectivity index (χ0n) is 18.0. The van der Waals surface area contributed by atoms with Gasteiger partial charge in [0.2, 0.25) is 10.0 Å². The molecule has 13 heteroatoms. The summed E-state index contributed by atoms with van der Waals surface area (Å²) in [6.07, 6.45) is 1.51. The van der Waals surface area contributed by atoms with Crippen molar-refractivity contribution in [3.8, 4) is 22.8 Å². The molecule has 1 heterocycles. The molecular weight excluding hydrogens is 496 g/mol. The maximum Gasteiger partial charge on any atom is 0.419 e. The summed E-state index contributed by atoms with van der Waals surface area (Å²) in [6.45, 7) is 3.12. The van der Waals surface area contributed by atoms with Crippen LogP contribution >= 0.6 is 19.3 Å². The zero-order chi connectivity index (χ0) is 24.2. The molecule has 33 heavy (non-hydrogen) atoms. The number of rotatable bonds is 10. The van der Waals surface area contributed by atoms with Crippen molar-refractivity contribution in [2.24, 2.45) is 0 Å². The van der Waals surface area contributed by atoms with Crippen molar-refractivity contribution < 1.29 is 31.2 Å². The fourth-order valence-electron chi connectivity index (χ4n) is 2.97. The third kappa shape index (κ3) is 5.81. The molecule has 0 amide bonds. The van der Waals surface area contributed by atoms with E-state index in [1.807, 2.05) is 4.49 Å². The number of sulfonamides is 1. The van der Waals surface area contributed by atoms with Gasteiger partial charge in [-0.15, -0.1) is 4.49 Å². The van der Waals surface area contributed by atoms with Gasteiger partial charge in [0.25, 0.3) is 0 Å². The normalized spacial score (nSPS) is 12.2. The van der Waals surface area contributed by atoms with Gasteiger partial charge in [-0.25, -0.2) is 22.4 Å². The Kier molecular flexibility index (Phi) is 7.94. The summed E-state index contributed by atoms with van der Waals surface area (Å²) in [5.41, 5.74) is 0.949. The van der Waals surface area contributed by atoms with Gasteiger partial charge in [0.1, 0.15) is 11.0 Å². The van der Waals surface area contributed by atoms with Crippen molar-refractivity contribution in [2.45, 2.75) is 18.7 Å². The number of aromatic nitrogens is 2. The molecule has 2 aromatic carbocycles. The number of benzene rings is 2. The molecule has 0 atom stereocenters. The average molecular weight is 518 g/mol. The van der Waals surface area contributed by atoms with Crippen LogP contribution in [0.1, 0.15) is 13.8 Å². The van der Waals surface area contributed by atoms with Crippen LogP contribution in [0.25, 0.3) is 17.1 Å². The lowest BCUT2D eigenvalue weighted by atomic mass is 10.2. The number of methoxy groups -OCH3 is 1. The van der Waals surface area contributed by atoms with Gasteiger partial charge in [0.15, 0.2) is 11.6 Å². The number of imidazole rings is 1. The molecule has 0 radical (unpaired) electrons. The van der Waals surface area contributed by atoms with E-state index in [0.717, 1.165) is 0 Å². The predicted octanol–water partition coefficient (Wildman–Crippen LogP) is 4.80. The first-order valence-electron chi connectivity index (χ1n) is 9.75.